The van der Waals surface area contributed by atoms with E-state index in [1.807, 2.05) is 48.5 Å². The lowest BCUT2D eigenvalue weighted by Gasteiger charge is -2.25. The summed E-state index contributed by atoms with van der Waals surface area (Å²) in [7, 11) is 0. The summed E-state index contributed by atoms with van der Waals surface area (Å²) < 4.78 is 17.2. The van der Waals surface area contributed by atoms with Gasteiger partial charge in [-0.3, -0.25) is 19.2 Å². The van der Waals surface area contributed by atoms with E-state index in [0.29, 0.717) is 37.6 Å². The molecule has 0 saturated heterocycles. The van der Waals surface area contributed by atoms with Crippen LogP contribution in [0.15, 0.2) is 72.8 Å². The monoisotopic (exact) mass is 616 g/mol. The Bertz CT molecular complexity index is 1520. The van der Waals surface area contributed by atoms with Gasteiger partial charge in [0.1, 0.15) is 37.7 Å². The molecule has 0 spiro atoms. The Kier molecular flexibility index (Phi) is 10.5. The van der Waals surface area contributed by atoms with E-state index in [9.17, 15) is 24.3 Å². The number of carbonyl (C=O) groups excluding carboxylic acids is 4. The van der Waals surface area contributed by atoms with Crippen LogP contribution in [0.2, 0.25) is 0 Å². The van der Waals surface area contributed by atoms with Crippen LogP contribution < -0.4 is 35.5 Å². The number of aliphatic hydroxyl groups excluding tert-OH is 1. The molecule has 0 bridgehead atoms. The Labute approximate surface area is 260 Å². The third-order valence-electron chi connectivity index (χ3n) is 7.41. The molecule has 2 heterocycles. The molecular formula is C33H36N4O8. The number of hydrogen-bond donors (Lipinski definition) is 5. The first kappa shape index (κ1) is 31.3. The SMILES string of the molecule is O=C1C[C@@H](C(=O)NCCc2ccc3c(c2)OCCO3)NC(=O)c2ccccc2OC[C@@H](Cc2ccccc2)NC(=O)[C@H](CO)N1. The second kappa shape index (κ2) is 15.1. The van der Waals surface area contributed by atoms with E-state index < -0.39 is 54.8 Å². The molecule has 0 aliphatic carbocycles. The molecule has 12 heteroatoms. The summed E-state index contributed by atoms with van der Waals surface area (Å²) in [6.07, 6.45) is 0.395. The van der Waals surface area contributed by atoms with Gasteiger partial charge in [0.15, 0.2) is 11.5 Å². The predicted octanol–water partition coefficient (Wildman–Crippen LogP) is 0.902. The zero-order valence-electron chi connectivity index (χ0n) is 24.6. The van der Waals surface area contributed by atoms with Crippen LogP contribution in [-0.2, 0) is 27.2 Å². The van der Waals surface area contributed by atoms with Gasteiger partial charge in [0.2, 0.25) is 17.7 Å². The quantitative estimate of drug-likeness (QED) is 0.261. The first-order chi connectivity index (χ1) is 21.9. The Morgan fingerprint density at radius 3 is 2.38 bits per heavy atom. The first-order valence-electron chi connectivity index (χ1n) is 14.8. The number of rotatable bonds is 7. The molecule has 0 aromatic heterocycles. The van der Waals surface area contributed by atoms with Crippen LogP contribution >= 0.6 is 0 Å². The Balaban J connectivity index is 1.31. The topological polar surface area (TPSA) is 164 Å². The van der Waals surface area contributed by atoms with Crippen molar-refractivity contribution in [1.29, 1.82) is 0 Å². The lowest BCUT2D eigenvalue weighted by molar-refractivity contribution is -0.132. The number of hydrogen-bond acceptors (Lipinski definition) is 8. The van der Waals surface area contributed by atoms with Gasteiger partial charge in [-0.05, 0) is 48.2 Å². The molecule has 0 radical (unpaired) electrons. The number of nitrogens with one attached hydrogen (secondary N) is 4. The Morgan fingerprint density at radius 2 is 1.58 bits per heavy atom. The van der Waals surface area contributed by atoms with Crippen LogP contribution in [0, 0.1) is 0 Å². The van der Waals surface area contributed by atoms with Crippen LogP contribution in [0.5, 0.6) is 17.2 Å². The predicted molar refractivity (Wildman–Crippen MR) is 163 cm³/mol. The number of benzene rings is 3. The number of ether oxygens (including phenoxy) is 3. The number of carbonyl (C=O) groups is 4. The van der Waals surface area contributed by atoms with E-state index in [-0.39, 0.29) is 24.5 Å². The van der Waals surface area contributed by atoms with Gasteiger partial charge in [0.25, 0.3) is 5.91 Å². The lowest BCUT2D eigenvalue weighted by atomic mass is 10.1. The highest BCUT2D eigenvalue weighted by molar-refractivity contribution is 6.01. The normalized spacial score (nSPS) is 20.3. The molecule has 0 saturated carbocycles. The number of aliphatic hydroxyl groups is 1. The van der Waals surface area contributed by atoms with E-state index in [2.05, 4.69) is 21.3 Å². The molecule has 45 heavy (non-hydrogen) atoms. The Hall–Kier alpha value is -5.10. The standard InChI is InChI=1S/C33H36N4O8/c38-19-26-33(42)35-23(16-21-6-2-1-3-7-21)20-45-27-9-5-4-8-24(27)31(40)37-25(18-30(39)36-26)32(41)34-13-12-22-10-11-28-29(17-22)44-15-14-43-28/h1-11,17,23,25-26,38H,12-16,18-20H2,(H,34,41)(H,35,42)(H,36,39)(H,37,40)/t23-,25+,26+/m1/s1. The third-order valence-corrected chi connectivity index (χ3v) is 7.41. The first-order valence-corrected chi connectivity index (χ1v) is 14.8. The zero-order chi connectivity index (χ0) is 31.6. The van der Waals surface area contributed by atoms with E-state index in [0.717, 1.165) is 11.1 Å². The summed E-state index contributed by atoms with van der Waals surface area (Å²) >= 11 is 0. The molecule has 0 unspecified atom stereocenters. The molecule has 2 aliphatic rings. The molecule has 0 fully saturated rings. The zero-order valence-corrected chi connectivity index (χ0v) is 24.6. The minimum Gasteiger partial charge on any atom is -0.491 e. The van der Waals surface area contributed by atoms with Gasteiger partial charge in [-0.25, -0.2) is 0 Å². The van der Waals surface area contributed by atoms with Crippen molar-refractivity contribution in [3.8, 4) is 17.2 Å². The fourth-order valence-corrected chi connectivity index (χ4v) is 5.10. The molecule has 5 rings (SSSR count). The van der Waals surface area contributed by atoms with Crippen molar-refractivity contribution in [3.63, 3.8) is 0 Å². The molecule has 2 aliphatic heterocycles. The molecule has 12 nitrogen and oxygen atoms in total. The van der Waals surface area contributed by atoms with E-state index in [1.54, 1.807) is 24.3 Å². The van der Waals surface area contributed by atoms with E-state index in [4.69, 9.17) is 14.2 Å². The second-order valence-electron chi connectivity index (χ2n) is 10.8. The summed E-state index contributed by atoms with van der Waals surface area (Å²) in [5.41, 5.74) is 2.01. The number of amides is 4. The molecule has 4 amide bonds. The van der Waals surface area contributed by atoms with Gasteiger partial charge in [0, 0.05) is 6.54 Å². The maximum absolute atomic E-state index is 13.4. The number of fused-ring (bicyclic) bond motifs is 2. The fraction of sp³-hybridized carbons (Fsp3) is 0.333. The average molecular weight is 617 g/mol. The van der Waals surface area contributed by atoms with Crippen LogP contribution in [0.1, 0.15) is 27.9 Å². The van der Waals surface area contributed by atoms with Gasteiger partial charge in [-0.2, -0.15) is 0 Å². The van der Waals surface area contributed by atoms with Crippen molar-refractivity contribution in [3.05, 3.63) is 89.5 Å². The van der Waals surface area contributed by atoms with Gasteiger partial charge in [-0.15, -0.1) is 0 Å². The van der Waals surface area contributed by atoms with Crippen molar-refractivity contribution < 1.29 is 38.5 Å². The molecule has 3 aromatic rings. The van der Waals surface area contributed by atoms with Crippen LogP contribution in [0.4, 0.5) is 0 Å². The average Bonchev–Trinajstić information content (AvgIpc) is 3.05. The summed E-state index contributed by atoms with van der Waals surface area (Å²) in [6.45, 7) is 0.492. The Morgan fingerprint density at radius 1 is 0.822 bits per heavy atom. The lowest BCUT2D eigenvalue weighted by Crippen LogP contribution is -2.55. The smallest absolute Gasteiger partial charge is 0.255 e. The maximum Gasteiger partial charge on any atom is 0.255 e. The van der Waals surface area contributed by atoms with Gasteiger partial charge in [-0.1, -0.05) is 48.5 Å². The molecule has 5 N–H and O–H groups in total. The largest absolute Gasteiger partial charge is 0.491 e. The molecule has 3 atom stereocenters. The highest BCUT2D eigenvalue weighted by Crippen LogP contribution is 2.30. The van der Waals surface area contributed by atoms with Gasteiger partial charge < -0.3 is 40.6 Å². The van der Waals surface area contributed by atoms with E-state index >= 15 is 0 Å². The highest BCUT2D eigenvalue weighted by Gasteiger charge is 2.29. The minimum atomic E-state index is -1.28. The summed E-state index contributed by atoms with van der Waals surface area (Å²) in [4.78, 5) is 52.9. The minimum absolute atomic E-state index is 0.000790. The summed E-state index contributed by atoms with van der Waals surface area (Å²) in [5, 5.41) is 20.7. The van der Waals surface area contributed by atoms with Gasteiger partial charge in [0.05, 0.1) is 24.6 Å². The van der Waals surface area contributed by atoms with Crippen molar-refractivity contribution in [2.45, 2.75) is 37.4 Å². The summed E-state index contributed by atoms with van der Waals surface area (Å²) in [6, 6.07) is 18.4. The fourth-order valence-electron chi connectivity index (χ4n) is 5.10. The van der Waals surface area contributed by atoms with Crippen molar-refractivity contribution >= 4 is 23.6 Å². The molecule has 3 aromatic carbocycles. The maximum atomic E-state index is 13.4. The van der Waals surface area contributed by atoms with Crippen LogP contribution in [-0.4, -0.2) is 79.8 Å². The van der Waals surface area contributed by atoms with Crippen molar-refractivity contribution in [2.24, 2.45) is 0 Å². The van der Waals surface area contributed by atoms with Gasteiger partial charge >= 0.3 is 0 Å². The third kappa shape index (κ3) is 8.51. The highest BCUT2D eigenvalue weighted by atomic mass is 16.6. The molecular weight excluding hydrogens is 580 g/mol. The second-order valence-corrected chi connectivity index (χ2v) is 10.8. The molecule has 236 valence electrons. The van der Waals surface area contributed by atoms with Crippen molar-refractivity contribution in [1.82, 2.24) is 21.3 Å². The summed E-state index contributed by atoms with van der Waals surface area (Å²) in [5.74, 6) is -0.953. The van der Waals surface area contributed by atoms with E-state index in [1.165, 1.54) is 0 Å². The number of para-hydroxylation sites is 1. The van der Waals surface area contributed by atoms with Crippen molar-refractivity contribution in [2.75, 3.05) is 33.0 Å². The van der Waals surface area contributed by atoms with Crippen LogP contribution in [0.25, 0.3) is 0 Å². The van der Waals surface area contributed by atoms with Crippen LogP contribution in [0.3, 0.4) is 0 Å².